The molecule has 0 saturated carbocycles. The lowest BCUT2D eigenvalue weighted by Gasteiger charge is -2.32. The molecule has 3 rings (SSSR count). The minimum absolute atomic E-state index is 0.0195. The van der Waals surface area contributed by atoms with Crippen molar-refractivity contribution in [1.82, 2.24) is 9.13 Å². The first kappa shape index (κ1) is 19.4. The summed E-state index contributed by atoms with van der Waals surface area (Å²) < 4.78 is 64.5. The van der Waals surface area contributed by atoms with Crippen LogP contribution in [-0.4, -0.2) is 23.3 Å². The van der Waals surface area contributed by atoms with Gasteiger partial charge in [0.2, 0.25) is 0 Å². The number of alkyl halides is 3. The maximum atomic E-state index is 13.0. The third-order valence-electron chi connectivity index (χ3n) is 4.89. The Hall–Kier alpha value is -2.36. The highest BCUT2D eigenvalue weighted by molar-refractivity contribution is 7.91. The molecule has 146 valence electrons. The SMILES string of the molecule is Cn1c(C(F)(F)F)cc(=O)n(-c2ccc3c(c2)C(C)(C)CCS3(=O)=O)c1=O. The monoisotopic (exact) mass is 402 g/mol. The molecule has 0 amide bonds. The smallest absolute Gasteiger partial charge is 0.292 e. The Kier molecular flexibility index (Phi) is 4.18. The highest BCUT2D eigenvalue weighted by atomic mass is 32.2. The van der Waals surface area contributed by atoms with Crippen molar-refractivity contribution in [3.63, 3.8) is 0 Å². The van der Waals surface area contributed by atoms with Gasteiger partial charge in [-0.1, -0.05) is 13.8 Å². The maximum Gasteiger partial charge on any atom is 0.431 e. The van der Waals surface area contributed by atoms with Gasteiger partial charge in [0.15, 0.2) is 9.84 Å². The minimum atomic E-state index is -4.85. The molecule has 1 aromatic carbocycles. The summed E-state index contributed by atoms with van der Waals surface area (Å²) in [7, 11) is -2.56. The van der Waals surface area contributed by atoms with Crippen molar-refractivity contribution >= 4 is 9.84 Å². The van der Waals surface area contributed by atoms with Gasteiger partial charge in [0.25, 0.3) is 5.56 Å². The van der Waals surface area contributed by atoms with E-state index in [9.17, 15) is 31.2 Å². The quantitative estimate of drug-likeness (QED) is 0.731. The van der Waals surface area contributed by atoms with Crippen LogP contribution in [0.15, 0.2) is 38.8 Å². The molecule has 0 saturated heterocycles. The summed E-state index contributed by atoms with van der Waals surface area (Å²) in [5.41, 5.74) is -3.72. The second-order valence-electron chi connectivity index (χ2n) is 7.18. The zero-order valence-electron chi connectivity index (χ0n) is 14.8. The zero-order chi connectivity index (χ0) is 20.4. The van der Waals surface area contributed by atoms with E-state index in [2.05, 4.69) is 0 Å². The van der Waals surface area contributed by atoms with Gasteiger partial charge in [-0.3, -0.25) is 9.36 Å². The summed E-state index contributed by atoms with van der Waals surface area (Å²) in [6, 6.07) is 4.29. The number of aromatic nitrogens is 2. The van der Waals surface area contributed by atoms with Crippen molar-refractivity contribution in [3.05, 3.63) is 56.4 Å². The van der Waals surface area contributed by atoms with Crippen molar-refractivity contribution in [3.8, 4) is 5.69 Å². The molecule has 0 spiro atoms. The Labute approximate surface area is 152 Å². The van der Waals surface area contributed by atoms with Gasteiger partial charge >= 0.3 is 11.9 Å². The molecule has 0 bridgehead atoms. The molecule has 6 nitrogen and oxygen atoms in total. The van der Waals surface area contributed by atoms with Crippen LogP contribution in [0.4, 0.5) is 13.2 Å². The first-order chi connectivity index (χ1) is 12.3. The molecule has 1 aromatic heterocycles. The molecule has 1 aliphatic heterocycles. The molecule has 0 fully saturated rings. The van der Waals surface area contributed by atoms with Crippen LogP contribution >= 0.6 is 0 Å². The van der Waals surface area contributed by atoms with Gasteiger partial charge < -0.3 is 0 Å². The average molecular weight is 402 g/mol. The van der Waals surface area contributed by atoms with Gasteiger partial charge in [0.1, 0.15) is 5.69 Å². The summed E-state index contributed by atoms with van der Waals surface area (Å²) in [5.74, 6) is -0.0195. The molecule has 10 heteroatoms. The van der Waals surface area contributed by atoms with Crippen molar-refractivity contribution < 1.29 is 21.6 Å². The molecule has 2 heterocycles. The van der Waals surface area contributed by atoms with Crippen LogP contribution < -0.4 is 11.2 Å². The van der Waals surface area contributed by atoms with Crippen molar-refractivity contribution in [2.24, 2.45) is 7.05 Å². The summed E-state index contributed by atoms with van der Waals surface area (Å²) in [6.07, 6.45) is -4.50. The second kappa shape index (κ2) is 5.82. The van der Waals surface area contributed by atoms with E-state index >= 15 is 0 Å². The van der Waals surface area contributed by atoms with Gasteiger partial charge in [-0.15, -0.1) is 0 Å². The third kappa shape index (κ3) is 3.11. The average Bonchev–Trinajstić information content (AvgIpc) is 2.54. The number of hydrogen-bond acceptors (Lipinski definition) is 4. The van der Waals surface area contributed by atoms with Crippen LogP contribution in [0, 0.1) is 0 Å². The van der Waals surface area contributed by atoms with Crippen LogP contribution in [0.3, 0.4) is 0 Å². The lowest BCUT2D eigenvalue weighted by molar-refractivity contribution is -0.144. The predicted molar refractivity (Wildman–Crippen MR) is 92.0 cm³/mol. The van der Waals surface area contributed by atoms with Crippen LogP contribution in [-0.2, 0) is 28.5 Å². The number of nitrogens with zero attached hydrogens (tertiary/aromatic N) is 2. The molecule has 0 unspecified atom stereocenters. The molecule has 2 aromatic rings. The lowest BCUT2D eigenvalue weighted by Crippen LogP contribution is -2.41. The minimum Gasteiger partial charge on any atom is -0.292 e. The molecule has 1 aliphatic rings. The zero-order valence-corrected chi connectivity index (χ0v) is 15.6. The molecule has 27 heavy (non-hydrogen) atoms. The Balaban J connectivity index is 2.31. The van der Waals surface area contributed by atoms with Crippen LogP contribution in [0.1, 0.15) is 31.5 Å². The highest BCUT2D eigenvalue weighted by Crippen LogP contribution is 2.39. The summed E-state index contributed by atoms with van der Waals surface area (Å²) in [5, 5.41) is 0. The normalized spacial score (nSPS) is 18.1. The number of rotatable bonds is 1. The van der Waals surface area contributed by atoms with Crippen molar-refractivity contribution in [1.29, 1.82) is 0 Å². The van der Waals surface area contributed by atoms with Gasteiger partial charge in [-0.2, -0.15) is 13.2 Å². The van der Waals surface area contributed by atoms with E-state index in [1.807, 2.05) is 13.8 Å². The van der Waals surface area contributed by atoms with E-state index in [-0.39, 0.29) is 16.3 Å². The summed E-state index contributed by atoms with van der Waals surface area (Å²) in [6.45, 7) is 3.66. The van der Waals surface area contributed by atoms with Crippen LogP contribution in [0.25, 0.3) is 5.69 Å². The fourth-order valence-electron chi connectivity index (χ4n) is 3.23. The van der Waals surface area contributed by atoms with Gasteiger partial charge in [0.05, 0.1) is 16.3 Å². The van der Waals surface area contributed by atoms with Gasteiger partial charge in [-0.05, 0) is 35.6 Å². The largest absolute Gasteiger partial charge is 0.431 e. The molecule has 0 radical (unpaired) electrons. The number of halogens is 3. The van der Waals surface area contributed by atoms with E-state index in [0.29, 0.717) is 27.2 Å². The Morgan fingerprint density at radius 3 is 2.33 bits per heavy atom. The topological polar surface area (TPSA) is 78.1 Å². The van der Waals surface area contributed by atoms with Crippen molar-refractivity contribution in [2.75, 3.05) is 5.75 Å². The molecular weight excluding hydrogens is 385 g/mol. The number of benzene rings is 1. The maximum absolute atomic E-state index is 13.0. The third-order valence-corrected chi connectivity index (χ3v) is 6.66. The van der Waals surface area contributed by atoms with Crippen LogP contribution in [0.5, 0.6) is 0 Å². The van der Waals surface area contributed by atoms with E-state index in [0.717, 1.165) is 7.05 Å². The molecule has 0 aliphatic carbocycles. The van der Waals surface area contributed by atoms with E-state index in [1.54, 1.807) is 0 Å². The van der Waals surface area contributed by atoms with Crippen molar-refractivity contribution in [2.45, 2.75) is 36.8 Å². The van der Waals surface area contributed by atoms with Gasteiger partial charge in [0, 0.05) is 13.1 Å². The molecule has 0 atom stereocenters. The fourth-order valence-corrected chi connectivity index (χ4v) is 5.17. The predicted octanol–water partition coefficient (Wildman–Crippen LogP) is 2.01. The number of fused-ring (bicyclic) bond motifs is 1. The first-order valence-electron chi connectivity index (χ1n) is 8.04. The number of hydrogen-bond donors (Lipinski definition) is 0. The van der Waals surface area contributed by atoms with E-state index in [4.69, 9.17) is 0 Å². The standard InChI is InChI=1S/C17H17F3N2O4S/c1-16(2)6-7-27(25,26)12-5-4-10(8-11(12)16)22-14(23)9-13(17(18,19)20)21(3)15(22)24/h4-5,8-9H,6-7H2,1-3H3. The highest BCUT2D eigenvalue weighted by Gasteiger charge is 2.37. The van der Waals surface area contributed by atoms with E-state index in [1.165, 1.54) is 18.2 Å². The van der Waals surface area contributed by atoms with Crippen LogP contribution in [0.2, 0.25) is 0 Å². The number of sulfone groups is 1. The Morgan fingerprint density at radius 2 is 1.74 bits per heavy atom. The summed E-state index contributed by atoms with van der Waals surface area (Å²) in [4.78, 5) is 24.8. The second-order valence-corrected chi connectivity index (χ2v) is 9.25. The lowest BCUT2D eigenvalue weighted by atomic mass is 9.81. The fraction of sp³-hybridized carbons (Fsp3) is 0.412. The summed E-state index contributed by atoms with van der Waals surface area (Å²) >= 11 is 0. The van der Waals surface area contributed by atoms with Gasteiger partial charge in [-0.25, -0.2) is 17.8 Å². The molecular formula is C17H17F3N2O4S. The van der Waals surface area contributed by atoms with E-state index < -0.39 is 38.4 Å². The molecule has 0 N–H and O–H groups in total. The first-order valence-corrected chi connectivity index (χ1v) is 9.69. The Morgan fingerprint density at radius 1 is 1.11 bits per heavy atom. The Bertz CT molecular complexity index is 1160.